The van der Waals surface area contributed by atoms with Crippen LogP contribution in [0, 0.1) is 0 Å². The van der Waals surface area contributed by atoms with Crippen molar-refractivity contribution < 1.29 is 84.6 Å². The van der Waals surface area contributed by atoms with E-state index in [1.54, 1.807) is 0 Å². The Kier molecular flexibility index (Phi) is 7.58. The lowest BCUT2D eigenvalue weighted by Crippen LogP contribution is -2.57. The van der Waals surface area contributed by atoms with E-state index < -0.39 is 91.0 Å². The maximum atomic E-state index is 12.6. The molecule has 24 nitrogen and oxygen atoms in total. The Morgan fingerprint density at radius 1 is 1.02 bits per heavy atom. The molecule has 0 bridgehead atoms. The summed E-state index contributed by atoms with van der Waals surface area (Å²) in [5.74, 6) is -4.76. The number of pyridine rings is 1. The van der Waals surface area contributed by atoms with E-state index in [-0.39, 0.29) is 22.5 Å². The number of nitrogen functional groups attached to an aromatic ring is 1. The van der Waals surface area contributed by atoms with Crippen LogP contribution in [0.15, 0.2) is 37.2 Å². The Morgan fingerprint density at radius 3 is 2.29 bits per heavy atom. The zero-order chi connectivity index (χ0) is 34.8. The number of imidazole rings is 1. The van der Waals surface area contributed by atoms with Gasteiger partial charge in [-0.05, 0) is 6.07 Å². The van der Waals surface area contributed by atoms with Crippen molar-refractivity contribution in [3.05, 3.63) is 42.7 Å². The average Bonchev–Trinajstić information content (AvgIpc) is 3.65. The van der Waals surface area contributed by atoms with Crippen LogP contribution in [0.3, 0.4) is 0 Å². The van der Waals surface area contributed by atoms with Gasteiger partial charge >= 0.3 is 47.5 Å². The molecule has 0 radical (unpaired) electrons. The second-order valence-corrected chi connectivity index (χ2v) is 15.3. The first-order chi connectivity index (χ1) is 22.3. The number of carbonyl (C=O) groups is 1. The molecule has 48 heavy (non-hydrogen) atoms. The van der Waals surface area contributed by atoms with E-state index in [2.05, 4.69) is 28.0 Å². The fraction of sp³-hybridized carbons (Fsp3) is 0.476. The lowest BCUT2D eigenvalue weighted by Gasteiger charge is -2.32. The smallest absolute Gasteiger partial charge is 0.382 e. The van der Waals surface area contributed by atoms with Crippen molar-refractivity contribution in [2.24, 2.45) is 5.73 Å². The fourth-order valence-corrected chi connectivity index (χ4v) is 8.98. The summed E-state index contributed by atoms with van der Waals surface area (Å²) < 4.78 is 62.7. The largest absolute Gasteiger partial charge is 0.481 e. The molecule has 7 rings (SSSR count). The van der Waals surface area contributed by atoms with Crippen molar-refractivity contribution in [1.29, 1.82) is 0 Å². The van der Waals surface area contributed by atoms with Crippen LogP contribution >= 0.6 is 23.5 Å². The molecule has 11 N–H and O–H groups in total. The number of anilines is 1. The molecule has 0 spiro atoms. The molecule has 4 saturated heterocycles. The Bertz CT molecular complexity index is 1980. The molecule has 7 heterocycles. The number of aromatic nitrogens is 5. The molecule has 0 aromatic carbocycles. The normalized spacial score (nSPS) is 35.1. The van der Waals surface area contributed by atoms with E-state index in [9.17, 15) is 53.4 Å². The quantitative estimate of drug-likeness (QED) is 0.0361. The highest BCUT2D eigenvalue weighted by Crippen LogP contribution is 2.74. The van der Waals surface area contributed by atoms with Crippen LogP contribution in [0.1, 0.15) is 22.8 Å². The first-order valence-electron chi connectivity index (χ1n) is 13.5. The van der Waals surface area contributed by atoms with Gasteiger partial charge in [-0.1, -0.05) is 0 Å². The predicted octanol–water partition coefficient (Wildman–Crippen LogP) is -3.14. The third-order valence-electron chi connectivity index (χ3n) is 8.29. The van der Waals surface area contributed by atoms with E-state index in [0.717, 1.165) is 6.33 Å². The van der Waals surface area contributed by atoms with Crippen LogP contribution < -0.4 is 16.0 Å². The number of amides is 1. The Labute approximate surface area is 266 Å². The minimum atomic E-state index is -5.45. The molecule has 4 aliphatic rings. The molecule has 10 atom stereocenters. The number of aliphatic hydroxyl groups is 3. The summed E-state index contributed by atoms with van der Waals surface area (Å²) in [5, 5.41) is 32.0. The van der Waals surface area contributed by atoms with Crippen LogP contribution in [0.4, 0.5) is 5.82 Å². The maximum absolute atomic E-state index is 12.6. The van der Waals surface area contributed by atoms with Gasteiger partial charge in [0.05, 0.1) is 0 Å². The van der Waals surface area contributed by atoms with E-state index in [0.29, 0.717) is 0 Å². The molecule has 4 fully saturated rings. The van der Waals surface area contributed by atoms with Gasteiger partial charge in [-0.15, -0.1) is 4.57 Å². The maximum Gasteiger partial charge on any atom is 0.481 e. The van der Waals surface area contributed by atoms with E-state index >= 15 is 0 Å². The summed E-state index contributed by atoms with van der Waals surface area (Å²) >= 11 is 0. The second-order valence-electron chi connectivity index (χ2n) is 11.1. The minimum absolute atomic E-state index is 0.0183. The number of fused-ring (bicyclic) bond motifs is 3. The topological polar surface area (TPSA) is 352 Å². The molecular formula is C21H27N7O17P3+3. The third-order valence-corrected chi connectivity index (χ3v) is 11.4. The van der Waals surface area contributed by atoms with Gasteiger partial charge in [0, 0.05) is 6.07 Å². The van der Waals surface area contributed by atoms with Gasteiger partial charge in [-0.3, -0.25) is 13.8 Å². The van der Waals surface area contributed by atoms with Crippen LogP contribution in [-0.4, -0.2) is 110 Å². The summed E-state index contributed by atoms with van der Waals surface area (Å²) in [6, 6.07) is 2.88. The van der Waals surface area contributed by atoms with E-state index in [1.807, 2.05) is 0 Å². The Morgan fingerprint density at radius 2 is 1.67 bits per heavy atom. The van der Waals surface area contributed by atoms with E-state index in [4.69, 9.17) is 25.0 Å². The standard InChI is InChI=1S/C21H24N7O17P3/c22-15-12-17(25-7-24-15)28(8-26-12)19-21(42-46(33,34)35)14(30)11(45(19)21)6-41-48(38,39)43-47(36,37)40-5-10-13(29)20(32)18(44(10)20)27-3-1-2-9(4-27)16(23)31/h1-4,7-8,10-11,13-14,18-19,29-30,32H,5-6H2,(H5-3,22,23,24,25,31,33,34,35,36,37,38,39)/p+3/t10-,11-,13-,14-,18-,19-,20+,21+/m1/s1. The number of hydrogen-bond acceptors (Lipinski definition) is 15. The van der Waals surface area contributed by atoms with Gasteiger partial charge < -0.3 is 55.1 Å². The van der Waals surface area contributed by atoms with Crippen LogP contribution in [-0.2, 0) is 40.3 Å². The van der Waals surface area contributed by atoms with Gasteiger partial charge in [0.1, 0.15) is 36.9 Å². The van der Waals surface area contributed by atoms with Gasteiger partial charge in [0.15, 0.2) is 23.9 Å². The molecular weight excluding hydrogens is 715 g/mol. The summed E-state index contributed by atoms with van der Waals surface area (Å²) in [6.07, 6.45) is -3.04. The van der Waals surface area contributed by atoms with Crippen LogP contribution in [0.5, 0.6) is 0 Å². The summed E-state index contributed by atoms with van der Waals surface area (Å²) in [5.41, 5.74) is 11.4. The molecule has 2 unspecified atom stereocenters. The highest BCUT2D eigenvalue weighted by molar-refractivity contribution is 7.61. The lowest BCUT2D eigenvalue weighted by atomic mass is 10.0. The summed E-state index contributed by atoms with van der Waals surface area (Å²) in [7, 11) is -16.1. The van der Waals surface area contributed by atoms with Crippen molar-refractivity contribution in [3.8, 4) is 0 Å². The van der Waals surface area contributed by atoms with Crippen molar-refractivity contribution in [2.75, 3.05) is 18.9 Å². The van der Waals surface area contributed by atoms with Gasteiger partial charge in [-0.25, -0.2) is 33.2 Å². The number of hydrogen-bond donors (Lipinski definition) is 9. The molecule has 1 amide bonds. The highest BCUT2D eigenvalue weighted by atomic mass is 31.3. The first kappa shape index (κ1) is 33.6. The molecule has 3 aromatic heterocycles. The van der Waals surface area contributed by atoms with Crippen molar-refractivity contribution in [1.82, 2.24) is 19.5 Å². The lowest BCUT2D eigenvalue weighted by molar-refractivity contribution is -0.728. The van der Waals surface area contributed by atoms with Crippen molar-refractivity contribution in [2.45, 2.75) is 48.4 Å². The van der Waals surface area contributed by atoms with Crippen LogP contribution in [0.2, 0.25) is 0 Å². The van der Waals surface area contributed by atoms with Crippen molar-refractivity contribution >= 4 is 46.4 Å². The number of nitrogens with zero attached hydrogens (tertiary/aromatic N) is 5. The zero-order valence-electron chi connectivity index (χ0n) is 23.8. The minimum Gasteiger partial charge on any atom is -0.382 e. The zero-order valence-corrected chi connectivity index (χ0v) is 26.5. The monoisotopic (exact) mass is 742 g/mol. The predicted molar refractivity (Wildman–Crippen MR) is 148 cm³/mol. The van der Waals surface area contributed by atoms with Crippen LogP contribution in [0.25, 0.3) is 11.2 Å². The molecule has 4 aliphatic heterocycles. The number of rotatable bonds is 13. The van der Waals surface area contributed by atoms with Crippen molar-refractivity contribution in [3.63, 3.8) is 0 Å². The number of epoxide rings is 2. The molecule has 0 aliphatic carbocycles. The van der Waals surface area contributed by atoms with E-state index in [1.165, 1.54) is 40.0 Å². The van der Waals surface area contributed by atoms with Gasteiger partial charge in [-0.2, -0.15) is 8.83 Å². The molecule has 0 saturated carbocycles. The first-order valence-corrected chi connectivity index (χ1v) is 18.0. The van der Waals surface area contributed by atoms with Gasteiger partial charge in [0.2, 0.25) is 24.4 Å². The Hall–Kier alpha value is -2.86. The third kappa shape index (κ3) is 5.14. The number of aliphatic hydroxyl groups excluding tert-OH is 2. The number of phosphoric ester groups is 3. The molecule has 27 heteroatoms. The summed E-state index contributed by atoms with van der Waals surface area (Å²) in [6.45, 7) is -1.73. The number of nitrogens with two attached hydrogens (primary N) is 2. The molecule has 260 valence electrons. The highest BCUT2D eigenvalue weighted by Gasteiger charge is 2.98. The number of carbonyl (C=O) groups excluding carboxylic acids is 1. The average molecular weight is 742 g/mol. The molecule has 3 aromatic rings. The second kappa shape index (κ2) is 10.8. The van der Waals surface area contributed by atoms with Gasteiger partial charge in [0.25, 0.3) is 5.91 Å². The summed E-state index contributed by atoms with van der Waals surface area (Å²) in [4.78, 5) is 62.6. The number of phosphoric acid groups is 3. The number of primary amides is 1. The SMILES string of the molecule is NC(=O)c1ccc[n+]([C@@H]2[O+]3[C@H](COP(=O)(O)OP(=O)(O)OC[C@@H]4[C@@H](O)[C@@]5(OP(=O)(O)O)[C@H](n6cnc7c(N)ncnc76)[O+]45)[C@@H](O)[C@@]23O)c1. The Balaban J connectivity index is 0.981. The fourth-order valence-electron chi connectivity index (χ4n) is 6.23.